The van der Waals surface area contributed by atoms with Crippen molar-refractivity contribution >= 4 is 27.3 Å². The van der Waals surface area contributed by atoms with E-state index in [1.165, 1.54) is 12.3 Å². The van der Waals surface area contributed by atoms with E-state index in [-0.39, 0.29) is 11.3 Å². The number of thiazole rings is 1. The molecule has 2 heterocycles. The third-order valence-electron chi connectivity index (χ3n) is 3.28. The van der Waals surface area contributed by atoms with E-state index in [0.717, 1.165) is 29.7 Å². The van der Waals surface area contributed by atoms with Crippen molar-refractivity contribution in [1.29, 1.82) is 0 Å². The van der Waals surface area contributed by atoms with Crippen LogP contribution in [0.5, 0.6) is 0 Å². The molecule has 0 atom stereocenters. The van der Waals surface area contributed by atoms with Gasteiger partial charge in [-0.3, -0.25) is 4.79 Å². The van der Waals surface area contributed by atoms with Gasteiger partial charge in [0.05, 0.1) is 17.4 Å². The Hall–Kier alpha value is -2.72. The van der Waals surface area contributed by atoms with Gasteiger partial charge in [-0.25, -0.2) is 23.5 Å². The smallest absolute Gasteiger partial charge is 0.267 e. The van der Waals surface area contributed by atoms with Crippen LogP contribution in [-0.4, -0.2) is 24.3 Å². The molecular weight excluding hydrogens is 384 g/mol. The first kappa shape index (κ1) is 18.1. The molecule has 0 aliphatic heterocycles. The number of hydrogen-bond donors (Lipinski definition) is 1. The van der Waals surface area contributed by atoms with Crippen molar-refractivity contribution in [2.45, 2.75) is 11.4 Å². The van der Waals surface area contributed by atoms with Gasteiger partial charge in [-0.05, 0) is 23.8 Å². The lowest BCUT2D eigenvalue weighted by Gasteiger charge is -2.04. The molecule has 3 rings (SSSR count). The Morgan fingerprint density at radius 2 is 1.85 bits per heavy atom. The van der Waals surface area contributed by atoms with Gasteiger partial charge in [-0.1, -0.05) is 18.2 Å². The van der Waals surface area contributed by atoms with Gasteiger partial charge < -0.3 is 0 Å². The van der Waals surface area contributed by atoms with Crippen molar-refractivity contribution in [3.05, 3.63) is 75.9 Å². The van der Waals surface area contributed by atoms with Crippen molar-refractivity contribution in [3.63, 3.8) is 0 Å². The van der Waals surface area contributed by atoms with Gasteiger partial charge in [0.1, 0.15) is 16.5 Å². The summed E-state index contributed by atoms with van der Waals surface area (Å²) in [6, 6.07) is 8.03. The molecule has 0 aliphatic carbocycles. The van der Waals surface area contributed by atoms with E-state index < -0.39 is 32.6 Å². The van der Waals surface area contributed by atoms with E-state index in [2.05, 4.69) is 9.97 Å². The first-order valence-corrected chi connectivity index (χ1v) is 9.52. The zero-order valence-electron chi connectivity index (χ0n) is 13.0. The Labute approximate surface area is 151 Å². The number of amides is 1. The maximum atomic E-state index is 13.7. The summed E-state index contributed by atoms with van der Waals surface area (Å²) < 4.78 is 52.5. The van der Waals surface area contributed by atoms with Crippen LogP contribution >= 0.6 is 11.3 Å². The number of carbonyl (C=O) groups is 1. The first-order valence-electron chi connectivity index (χ1n) is 7.22. The molecular formula is C16H11F2N3O3S2. The average molecular weight is 395 g/mol. The minimum absolute atomic E-state index is 0.0435. The molecule has 1 amide bonds. The highest BCUT2D eigenvalue weighted by Crippen LogP contribution is 2.19. The number of rotatable bonds is 5. The summed E-state index contributed by atoms with van der Waals surface area (Å²) >= 11 is 0.948. The number of sulfonamides is 1. The van der Waals surface area contributed by atoms with Gasteiger partial charge in [0, 0.05) is 6.42 Å². The van der Waals surface area contributed by atoms with Crippen LogP contribution in [0.4, 0.5) is 8.78 Å². The summed E-state index contributed by atoms with van der Waals surface area (Å²) in [5.41, 5.74) is 0.414. The van der Waals surface area contributed by atoms with E-state index in [9.17, 15) is 22.0 Å². The van der Waals surface area contributed by atoms with Gasteiger partial charge in [0.25, 0.3) is 15.9 Å². The topological polar surface area (TPSA) is 89.0 Å². The van der Waals surface area contributed by atoms with E-state index in [4.69, 9.17) is 0 Å². The lowest BCUT2D eigenvalue weighted by Crippen LogP contribution is -2.30. The molecule has 2 aromatic heterocycles. The van der Waals surface area contributed by atoms with Crippen molar-refractivity contribution < 1.29 is 22.0 Å². The number of pyridine rings is 1. The molecule has 6 nitrogen and oxygen atoms in total. The maximum Gasteiger partial charge on any atom is 0.281 e. The van der Waals surface area contributed by atoms with E-state index in [1.807, 2.05) is 4.72 Å². The summed E-state index contributed by atoms with van der Waals surface area (Å²) in [5, 5.41) is -0.0269. The van der Waals surface area contributed by atoms with Crippen LogP contribution < -0.4 is 4.72 Å². The minimum atomic E-state index is -4.24. The number of nitrogens with zero attached hydrogens (tertiary/aromatic N) is 2. The highest BCUT2D eigenvalue weighted by molar-refractivity contribution is 7.90. The van der Waals surface area contributed by atoms with Crippen molar-refractivity contribution in [2.24, 2.45) is 0 Å². The van der Waals surface area contributed by atoms with Gasteiger partial charge in [0.2, 0.25) is 0 Å². The number of carbonyl (C=O) groups excluding carboxylic acids is 1. The number of halogens is 2. The molecule has 0 saturated heterocycles. The fourth-order valence-corrected chi connectivity index (χ4v) is 3.85. The second-order valence-corrected chi connectivity index (χ2v) is 7.88. The predicted molar refractivity (Wildman–Crippen MR) is 90.2 cm³/mol. The summed E-state index contributed by atoms with van der Waals surface area (Å²) in [6.07, 6.45) is 2.12. The van der Waals surface area contributed by atoms with Gasteiger partial charge >= 0.3 is 0 Å². The molecule has 0 aliphatic rings. The molecule has 134 valence electrons. The Morgan fingerprint density at radius 3 is 2.54 bits per heavy atom. The van der Waals surface area contributed by atoms with Gasteiger partial charge in [-0.2, -0.15) is 8.42 Å². The van der Waals surface area contributed by atoms with Crippen LogP contribution in [0, 0.1) is 11.6 Å². The molecule has 0 fully saturated rings. The third-order valence-corrected chi connectivity index (χ3v) is 5.52. The summed E-state index contributed by atoms with van der Waals surface area (Å²) in [5.74, 6) is -1.98. The van der Waals surface area contributed by atoms with Crippen LogP contribution in [-0.2, 0) is 16.4 Å². The van der Waals surface area contributed by atoms with Gasteiger partial charge in [-0.15, -0.1) is 11.3 Å². The Kier molecular flexibility index (Phi) is 5.05. The molecule has 10 heteroatoms. The molecule has 0 spiro atoms. The predicted octanol–water partition coefficient (Wildman–Crippen LogP) is 2.53. The van der Waals surface area contributed by atoms with Crippen LogP contribution in [0.1, 0.15) is 20.2 Å². The molecule has 1 N–H and O–H groups in total. The second-order valence-electron chi connectivity index (χ2n) is 5.14. The zero-order valence-corrected chi connectivity index (χ0v) is 14.7. The molecule has 1 aromatic carbocycles. The highest BCUT2D eigenvalue weighted by atomic mass is 32.2. The molecule has 0 saturated carbocycles. The van der Waals surface area contributed by atoms with E-state index in [0.29, 0.717) is 10.6 Å². The van der Waals surface area contributed by atoms with Gasteiger partial charge in [0.15, 0.2) is 5.03 Å². The quantitative estimate of drug-likeness (QED) is 0.717. The van der Waals surface area contributed by atoms with Crippen molar-refractivity contribution in [1.82, 2.24) is 14.7 Å². The SMILES string of the molecule is O=C(NS(=O)(=O)c1ccc(F)cn1)c1cnc(Cc2ccccc2F)s1. The summed E-state index contributed by atoms with van der Waals surface area (Å²) in [4.78, 5) is 19.6. The molecule has 26 heavy (non-hydrogen) atoms. The minimum Gasteiger partial charge on any atom is -0.267 e. The number of hydrogen-bond acceptors (Lipinski definition) is 6. The second kappa shape index (κ2) is 7.26. The monoisotopic (exact) mass is 395 g/mol. The van der Waals surface area contributed by atoms with Crippen LogP contribution in [0.25, 0.3) is 0 Å². The van der Waals surface area contributed by atoms with Crippen LogP contribution in [0.15, 0.2) is 53.8 Å². The molecule has 0 unspecified atom stereocenters. The standard InChI is InChI=1S/C16H11F2N3O3S2/c17-11-5-6-15(20-8-11)26(23,24)21-16(22)13-9-19-14(25-13)7-10-3-1-2-4-12(10)18/h1-6,8-9H,7H2,(H,21,22). The third kappa shape index (κ3) is 4.09. The van der Waals surface area contributed by atoms with Crippen molar-refractivity contribution in [3.8, 4) is 0 Å². The molecule has 0 radical (unpaired) electrons. The number of benzene rings is 1. The van der Waals surface area contributed by atoms with Crippen LogP contribution in [0.3, 0.4) is 0 Å². The molecule has 0 bridgehead atoms. The largest absolute Gasteiger partial charge is 0.281 e. The summed E-state index contributed by atoms with van der Waals surface area (Å²) in [7, 11) is -4.24. The fraction of sp³-hybridized carbons (Fsp3) is 0.0625. The number of nitrogens with one attached hydrogen (secondary N) is 1. The molecule has 3 aromatic rings. The van der Waals surface area contributed by atoms with E-state index in [1.54, 1.807) is 18.2 Å². The highest BCUT2D eigenvalue weighted by Gasteiger charge is 2.22. The Morgan fingerprint density at radius 1 is 1.08 bits per heavy atom. The normalized spacial score (nSPS) is 11.3. The lowest BCUT2D eigenvalue weighted by atomic mass is 10.1. The maximum absolute atomic E-state index is 13.7. The van der Waals surface area contributed by atoms with Crippen LogP contribution in [0.2, 0.25) is 0 Å². The Bertz CT molecular complexity index is 1050. The first-order chi connectivity index (χ1) is 12.3. The zero-order chi connectivity index (χ0) is 18.7. The van der Waals surface area contributed by atoms with E-state index >= 15 is 0 Å². The lowest BCUT2D eigenvalue weighted by molar-refractivity contribution is 0.0985. The summed E-state index contributed by atoms with van der Waals surface area (Å²) in [6.45, 7) is 0. The fourth-order valence-electron chi connectivity index (χ4n) is 2.05. The van der Waals surface area contributed by atoms with Crippen molar-refractivity contribution in [2.75, 3.05) is 0 Å². The Balaban J connectivity index is 1.74. The average Bonchev–Trinajstić information content (AvgIpc) is 3.06. The number of aromatic nitrogens is 2.